The van der Waals surface area contributed by atoms with E-state index in [9.17, 15) is 22.8 Å². The first-order valence-corrected chi connectivity index (χ1v) is 9.05. The van der Waals surface area contributed by atoms with Gasteiger partial charge in [0.15, 0.2) is 0 Å². The van der Waals surface area contributed by atoms with Crippen molar-refractivity contribution in [2.75, 3.05) is 0 Å². The Balaban J connectivity index is 2.05. The van der Waals surface area contributed by atoms with Crippen LogP contribution in [-0.2, 0) is 11.3 Å². The summed E-state index contributed by atoms with van der Waals surface area (Å²) in [5, 5.41) is 5.25. The van der Waals surface area contributed by atoms with E-state index in [0.717, 1.165) is 5.56 Å². The summed E-state index contributed by atoms with van der Waals surface area (Å²) in [5.74, 6) is -1.52. The summed E-state index contributed by atoms with van der Waals surface area (Å²) in [7, 11) is 0. The summed E-state index contributed by atoms with van der Waals surface area (Å²) in [5.41, 5.74) is 1.59. The lowest BCUT2D eigenvalue weighted by atomic mass is 10.0. The van der Waals surface area contributed by atoms with Gasteiger partial charge in [0, 0.05) is 17.7 Å². The average Bonchev–Trinajstić information content (AvgIpc) is 2.64. The second-order valence-electron chi connectivity index (χ2n) is 6.93. The molecule has 0 aliphatic rings. The van der Waals surface area contributed by atoms with Crippen molar-refractivity contribution in [2.24, 2.45) is 5.92 Å². The van der Waals surface area contributed by atoms with E-state index < -0.39 is 24.2 Å². The highest BCUT2D eigenvalue weighted by Crippen LogP contribution is 2.26. The van der Waals surface area contributed by atoms with Crippen LogP contribution in [0, 0.1) is 12.8 Å². The molecule has 0 fully saturated rings. The van der Waals surface area contributed by atoms with E-state index in [1.807, 2.05) is 6.92 Å². The van der Waals surface area contributed by atoms with Crippen molar-refractivity contribution >= 4 is 11.8 Å². The molecule has 2 aromatic carbocycles. The third-order valence-corrected chi connectivity index (χ3v) is 4.20. The van der Waals surface area contributed by atoms with Gasteiger partial charge >= 0.3 is 6.36 Å². The molecule has 0 saturated carbocycles. The molecule has 29 heavy (non-hydrogen) atoms. The summed E-state index contributed by atoms with van der Waals surface area (Å²) >= 11 is 0. The van der Waals surface area contributed by atoms with Gasteiger partial charge in [0.1, 0.15) is 11.8 Å². The number of carbonyl (C=O) groups is 2. The summed E-state index contributed by atoms with van der Waals surface area (Å²) < 4.78 is 41.6. The first-order valence-electron chi connectivity index (χ1n) is 9.05. The molecule has 0 aliphatic carbocycles. The molecule has 2 rings (SSSR count). The van der Waals surface area contributed by atoms with E-state index in [2.05, 4.69) is 15.4 Å². The highest BCUT2D eigenvalue weighted by atomic mass is 19.4. The molecule has 0 aromatic heterocycles. The maximum absolute atomic E-state index is 12.6. The van der Waals surface area contributed by atoms with Crippen molar-refractivity contribution in [2.45, 2.75) is 39.7 Å². The number of alkyl halides is 3. The molecule has 1 atom stereocenters. The van der Waals surface area contributed by atoms with E-state index in [1.54, 1.807) is 44.2 Å². The van der Waals surface area contributed by atoms with Gasteiger partial charge in [0.25, 0.3) is 5.91 Å². The molecule has 0 spiro atoms. The van der Waals surface area contributed by atoms with Crippen LogP contribution in [0.25, 0.3) is 0 Å². The second kappa shape index (κ2) is 9.45. The average molecular weight is 408 g/mol. The van der Waals surface area contributed by atoms with Gasteiger partial charge in [-0.15, -0.1) is 13.2 Å². The number of halogens is 3. The predicted molar refractivity (Wildman–Crippen MR) is 102 cm³/mol. The van der Waals surface area contributed by atoms with Crippen LogP contribution in [0.15, 0.2) is 48.5 Å². The van der Waals surface area contributed by atoms with Crippen LogP contribution in [0.2, 0.25) is 0 Å². The Labute approximate surface area is 167 Å². The molecule has 0 saturated heterocycles. The molecule has 2 aromatic rings. The maximum atomic E-state index is 12.6. The largest absolute Gasteiger partial charge is 0.573 e. The molecule has 0 heterocycles. The number of hydrogen-bond donors (Lipinski definition) is 2. The standard InChI is InChI=1S/C21H23F3N2O3/c1-13(2)18(26-19(27)15-10-8-14(3)9-11-15)20(28)25-12-16-6-4-5-7-17(16)29-21(22,23)24/h4-11,13,18H,12H2,1-3H3,(H,25,28)(H,26,27). The Bertz CT molecular complexity index is 849. The van der Waals surface area contributed by atoms with E-state index >= 15 is 0 Å². The zero-order valence-electron chi connectivity index (χ0n) is 16.3. The number of rotatable bonds is 7. The lowest BCUT2D eigenvalue weighted by molar-refractivity contribution is -0.274. The molecule has 0 aliphatic heterocycles. The molecule has 5 nitrogen and oxygen atoms in total. The summed E-state index contributed by atoms with van der Waals surface area (Å²) in [6.45, 7) is 5.25. The molecule has 0 bridgehead atoms. The zero-order valence-corrected chi connectivity index (χ0v) is 16.3. The van der Waals surface area contributed by atoms with Crippen LogP contribution in [0.5, 0.6) is 5.75 Å². The van der Waals surface area contributed by atoms with Gasteiger partial charge in [-0.25, -0.2) is 0 Å². The van der Waals surface area contributed by atoms with E-state index in [4.69, 9.17) is 0 Å². The van der Waals surface area contributed by atoms with Crippen molar-refractivity contribution in [3.8, 4) is 5.75 Å². The minimum absolute atomic E-state index is 0.172. The SMILES string of the molecule is Cc1ccc(C(=O)NC(C(=O)NCc2ccccc2OC(F)(F)F)C(C)C)cc1. The van der Waals surface area contributed by atoms with E-state index in [0.29, 0.717) is 5.56 Å². The van der Waals surface area contributed by atoms with Crippen molar-refractivity contribution in [3.05, 3.63) is 65.2 Å². The Morgan fingerprint density at radius 2 is 1.66 bits per heavy atom. The van der Waals surface area contributed by atoms with Gasteiger partial charge in [-0.3, -0.25) is 9.59 Å². The van der Waals surface area contributed by atoms with Crippen LogP contribution >= 0.6 is 0 Å². The monoisotopic (exact) mass is 408 g/mol. The fraction of sp³-hybridized carbons (Fsp3) is 0.333. The van der Waals surface area contributed by atoms with Gasteiger partial charge in [-0.05, 0) is 31.0 Å². The Morgan fingerprint density at radius 1 is 1.03 bits per heavy atom. The minimum Gasteiger partial charge on any atom is -0.405 e. The number of para-hydroxylation sites is 1. The van der Waals surface area contributed by atoms with Gasteiger partial charge in [0.05, 0.1) is 0 Å². The molecular formula is C21H23F3N2O3. The third-order valence-electron chi connectivity index (χ3n) is 4.20. The normalized spacial score (nSPS) is 12.4. The molecule has 8 heteroatoms. The number of amides is 2. The second-order valence-corrected chi connectivity index (χ2v) is 6.93. The number of benzene rings is 2. The fourth-order valence-electron chi connectivity index (χ4n) is 2.63. The molecule has 2 amide bonds. The number of aryl methyl sites for hydroxylation is 1. The van der Waals surface area contributed by atoms with Gasteiger partial charge in [-0.2, -0.15) is 0 Å². The van der Waals surface area contributed by atoms with Crippen LogP contribution in [0.4, 0.5) is 13.2 Å². The third kappa shape index (κ3) is 6.81. The molecule has 2 N–H and O–H groups in total. The first-order chi connectivity index (χ1) is 13.6. The van der Waals surface area contributed by atoms with E-state index in [-0.39, 0.29) is 23.8 Å². The van der Waals surface area contributed by atoms with E-state index in [1.165, 1.54) is 18.2 Å². The lowest BCUT2D eigenvalue weighted by Gasteiger charge is -2.22. The number of nitrogens with one attached hydrogen (secondary N) is 2. The van der Waals surface area contributed by atoms with Crippen LogP contribution < -0.4 is 15.4 Å². The number of carbonyl (C=O) groups excluding carboxylic acids is 2. The highest BCUT2D eigenvalue weighted by molar-refractivity contribution is 5.97. The smallest absolute Gasteiger partial charge is 0.405 e. The van der Waals surface area contributed by atoms with Gasteiger partial charge < -0.3 is 15.4 Å². The predicted octanol–water partition coefficient (Wildman–Crippen LogP) is 3.96. The maximum Gasteiger partial charge on any atom is 0.573 e. The first kappa shape index (κ1) is 22.3. The molecule has 156 valence electrons. The van der Waals surface area contributed by atoms with Crippen molar-refractivity contribution < 1.29 is 27.5 Å². The minimum atomic E-state index is -4.83. The summed E-state index contributed by atoms with van der Waals surface area (Å²) in [6.07, 6.45) is -4.83. The van der Waals surface area contributed by atoms with Gasteiger partial charge in [-0.1, -0.05) is 49.7 Å². The zero-order chi connectivity index (χ0) is 21.6. The topological polar surface area (TPSA) is 67.4 Å². The van der Waals surface area contributed by atoms with Crippen molar-refractivity contribution in [1.29, 1.82) is 0 Å². The fourth-order valence-corrected chi connectivity index (χ4v) is 2.63. The van der Waals surface area contributed by atoms with Crippen LogP contribution in [0.1, 0.15) is 35.3 Å². The quantitative estimate of drug-likeness (QED) is 0.729. The Kier molecular flexibility index (Phi) is 7.25. The van der Waals surface area contributed by atoms with Crippen molar-refractivity contribution in [3.63, 3.8) is 0 Å². The summed E-state index contributed by atoms with van der Waals surface area (Å²) in [4.78, 5) is 25.0. The molecule has 1 unspecified atom stereocenters. The van der Waals surface area contributed by atoms with Gasteiger partial charge in [0.2, 0.25) is 5.91 Å². The van der Waals surface area contributed by atoms with Crippen molar-refractivity contribution in [1.82, 2.24) is 10.6 Å². The van der Waals surface area contributed by atoms with Crippen LogP contribution in [-0.4, -0.2) is 24.2 Å². The highest BCUT2D eigenvalue weighted by Gasteiger charge is 2.32. The summed E-state index contributed by atoms with van der Waals surface area (Å²) in [6, 6.07) is 11.6. The number of ether oxygens (including phenoxy) is 1. The lowest BCUT2D eigenvalue weighted by Crippen LogP contribution is -2.49. The molecule has 0 radical (unpaired) electrons. The molecular weight excluding hydrogens is 385 g/mol. The van der Waals surface area contributed by atoms with Crippen LogP contribution in [0.3, 0.4) is 0 Å². The number of hydrogen-bond acceptors (Lipinski definition) is 3. The Morgan fingerprint density at radius 3 is 2.24 bits per heavy atom. The Hall–Kier alpha value is -3.03.